The van der Waals surface area contributed by atoms with Gasteiger partial charge in [0, 0.05) is 17.1 Å². The molecule has 0 unspecified atom stereocenters. The summed E-state index contributed by atoms with van der Waals surface area (Å²) in [6, 6.07) is 17.4. The molecule has 6 nitrogen and oxygen atoms in total. The smallest absolute Gasteiger partial charge is 0.344 e. The fourth-order valence-electron chi connectivity index (χ4n) is 2.80. The Morgan fingerprint density at radius 2 is 2.00 bits per heavy atom. The van der Waals surface area contributed by atoms with E-state index in [4.69, 9.17) is 9.47 Å². The van der Waals surface area contributed by atoms with E-state index >= 15 is 0 Å². The van der Waals surface area contributed by atoms with E-state index in [1.165, 1.54) is 0 Å². The third kappa shape index (κ3) is 3.09. The van der Waals surface area contributed by atoms with Gasteiger partial charge in [-0.2, -0.15) is 0 Å². The molecule has 26 heavy (non-hydrogen) atoms. The molecule has 0 saturated heterocycles. The molecular formula is C20H17N3O3. The highest BCUT2D eigenvalue weighted by Crippen LogP contribution is 2.24. The Morgan fingerprint density at radius 1 is 1.12 bits per heavy atom. The molecule has 2 heterocycles. The highest BCUT2D eigenvalue weighted by molar-refractivity contribution is 5.94. The van der Waals surface area contributed by atoms with Crippen LogP contribution in [0.4, 0.5) is 0 Å². The lowest BCUT2D eigenvalue weighted by atomic mass is 10.2. The summed E-state index contributed by atoms with van der Waals surface area (Å²) < 4.78 is 12.1. The van der Waals surface area contributed by atoms with Crippen LogP contribution in [0.25, 0.3) is 27.8 Å². The molecule has 2 aromatic heterocycles. The zero-order valence-corrected chi connectivity index (χ0v) is 14.3. The molecule has 4 aromatic rings. The van der Waals surface area contributed by atoms with Crippen LogP contribution in [0.15, 0.2) is 60.8 Å². The van der Waals surface area contributed by atoms with E-state index in [9.17, 15) is 4.79 Å². The second-order valence-electron chi connectivity index (χ2n) is 5.73. The lowest BCUT2D eigenvalue weighted by molar-refractivity contribution is -0.145. The molecule has 6 heteroatoms. The van der Waals surface area contributed by atoms with E-state index in [0.717, 1.165) is 22.0 Å². The molecule has 2 aromatic carbocycles. The number of hydrogen-bond donors (Lipinski definition) is 0. The molecule has 130 valence electrons. The maximum atomic E-state index is 11.4. The average Bonchev–Trinajstić information content (AvgIpc) is 3.12. The minimum Gasteiger partial charge on any atom is -0.482 e. The van der Waals surface area contributed by atoms with Crippen molar-refractivity contribution in [3.8, 4) is 17.1 Å². The zero-order valence-electron chi connectivity index (χ0n) is 14.3. The lowest BCUT2D eigenvalue weighted by Crippen LogP contribution is -2.14. The normalized spacial score (nSPS) is 11.0. The van der Waals surface area contributed by atoms with Crippen molar-refractivity contribution in [2.24, 2.45) is 0 Å². The number of nitrogens with zero attached hydrogens (tertiary/aromatic N) is 3. The van der Waals surface area contributed by atoms with Crippen LogP contribution in [-0.2, 0) is 9.53 Å². The molecule has 0 atom stereocenters. The molecule has 0 spiro atoms. The van der Waals surface area contributed by atoms with Crippen molar-refractivity contribution in [1.29, 1.82) is 0 Å². The van der Waals surface area contributed by atoms with Crippen molar-refractivity contribution in [2.45, 2.75) is 6.92 Å². The van der Waals surface area contributed by atoms with Crippen LogP contribution in [-0.4, -0.2) is 33.8 Å². The number of hydrogen-bond acceptors (Lipinski definition) is 5. The van der Waals surface area contributed by atoms with Gasteiger partial charge in [-0.1, -0.05) is 36.4 Å². The van der Waals surface area contributed by atoms with Crippen LogP contribution < -0.4 is 4.74 Å². The van der Waals surface area contributed by atoms with Gasteiger partial charge in [-0.3, -0.25) is 0 Å². The van der Waals surface area contributed by atoms with Crippen LogP contribution in [0.5, 0.6) is 5.75 Å². The van der Waals surface area contributed by atoms with Gasteiger partial charge in [-0.15, -0.1) is 5.10 Å². The summed E-state index contributed by atoms with van der Waals surface area (Å²) in [6.07, 6.45) is 1.90. The first-order valence-corrected chi connectivity index (χ1v) is 8.37. The van der Waals surface area contributed by atoms with E-state index < -0.39 is 5.97 Å². The first kappa shape index (κ1) is 16.1. The van der Waals surface area contributed by atoms with Gasteiger partial charge in [0.1, 0.15) is 5.75 Å². The molecule has 0 N–H and O–H groups in total. The van der Waals surface area contributed by atoms with Gasteiger partial charge in [-0.25, -0.2) is 14.3 Å². The second-order valence-corrected chi connectivity index (χ2v) is 5.73. The van der Waals surface area contributed by atoms with Crippen LogP contribution >= 0.6 is 0 Å². The van der Waals surface area contributed by atoms with E-state index in [2.05, 4.69) is 10.1 Å². The maximum absolute atomic E-state index is 11.4. The summed E-state index contributed by atoms with van der Waals surface area (Å²) >= 11 is 0. The molecule has 0 aliphatic carbocycles. The molecule has 0 aliphatic heterocycles. The number of rotatable bonds is 5. The number of aromatic nitrogens is 3. The number of ether oxygens (including phenoxy) is 2. The van der Waals surface area contributed by atoms with Gasteiger partial charge in [0.05, 0.1) is 6.61 Å². The fourth-order valence-corrected chi connectivity index (χ4v) is 2.80. The zero-order chi connectivity index (χ0) is 17.9. The first-order chi connectivity index (χ1) is 12.7. The van der Waals surface area contributed by atoms with Gasteiger partial charge in [0.15, 0.2) is 18.1 Å². The Morgan fingerprint density at radius 3 is 2.88 bits per heavy atom. The summed E-state index contributed by atoms with van der Waals surface area (Å²) in [5.41, 5.74) is 1.62. The maximum Gasteiger partial charge on any atom is 0.344 e. The fraction of sp³-hybridized carbons (Fsp3) is 0.150. The molecule has 4 rings (SSSR count). The SMILES string of the molecule is CCOC(=O)COc1cccc(-c2nc3c4ccccc4ccn3n2)c1. The summed E-state index contributed by atoms with van der Waals surface area (Å²) in [5.74, 6) is 0.775. The van der Waals surface area contributed by atoms with Crippen LogP contribution in [0, 0.1) is 0 Å². The number of pyridine rings is 1. The van der Waals surface area contributed by atoms with Crippen molar-refractivity contribution < 1.29 is 14.3 Å². The minimum atomic E-state index is -0.393. The quantitative estimate of drug-likeness (QED) is 0.517. The van der Waals surface area contributed by atoms with Gasteiger partial charge < -0.3 is 9.47 Å². The van der Waals surface area contributed by atoms with Crippen LogP contribution in [0.1, 0.15) is 6.92 Å². The molecule has 0 amide bonds. The van der Waals surface area contributed by atoms with Gasteiger partial charge in [0.2, 0.25) is 0 Å². The van der Waals surface area contributed by atoms with Gasteiger partial charge in [-0.05, 0) is 30.5 Å². The lowest BCUT2D eigenvalue weighted by Gasteiger charge is -2.06. The Hall–Kier alpha value is -3.41. The van der Waals surface area contributed by atoms with Crippen molar-refractivity contribution in [3.63, 3.8) is 0 Å². The summed E-state index contributed by atoms with van der Waals surface area (Å²) in [6.45, 7) is 1.97. The Balaban J connectivity index is 1.66. The number of carbonyl (C=O) groups excluding carboxylic acids is 1. The molecular weight excluding hydrogens is 330 g/mol. The van der Waals surface area contributed by atoms with Crippen molar-refractivity contribution in [1.82, 2.24) is 14.6 Å². The Labute approximate surface area is 150 Å². The van der Waals surface area contributed by atoms with E-state index in [0.29, 0.717) is 18.2 Å². The molecule has 0 saturated carbocycles. The van der Waals surface area contributed by atoms with Gasteiger partial charge in [0.25, 0.3) is 0 Å². The highest BCUT2D eigenvalue weighted by Gasteiger charge is 2.10. The first-order valence-electron chi connectivity index (χ1n) is 8.37. The standard InChI is InChI=1S/C20H17N3O3/c1-2-25-18(24)13-26-16-8-5-7-15(12-16)19-21-20-17-9-4-3-6-14(17)10-11-23(20)22-19/h3-12H,2,13H2,1H3. The van der Waals surface area contributed by atoms with E-state index in [-0.39, 0.29) is 6.61 Å². The van der Waals surface area contributed by atoms with E-state index in [1.807, 2.05) is 54.7 Å². The topological polar surface area (TPSA) is 65.7 Å². The Bertz CT molecular complexity index is 1090. The van der Waals surface area contributed by atoms with Crippen LogP contribution in [0.2, 0.25) is 0 Å². The predicted molar refractivity (Wildman–Crippen MR) is 98.1 cm³/mol. The largest absolute Gasteiger partial charge is 0.482 e. The minimum absolute atomic E-state index is 0.124. The molecule has 0 fully saturated rings. The van der Waals surface area contributed by atoms with Crippen molar-refractivity contribution >= 4 is 22.4 Å². The summed E-state index contributed by atoms with van der Waals surface area (Å²) in [4.78, 5) is 16.1. The van der Waals surface area contributed by atoms with Crippen LogP contribution in [0.3, 0.4) is 0 Å². The summed E-state index contributed by atoms with van der Waals surface area (Å²) in [5, 5.41) is 6.72. The van der Waals surface area contributed by atoms with Crippen molar-refractivity contribution in [2.75, 3.05) is 13.2 Å². The number of benzene rings is 2. The monoisotopic (exact) mass is 347 g/mol. The summed E-state index contributed by atoms with van der Waals surface area (Å²) in [7, 11) is 0. The Kier molecular flexibility index (Phi) is 4.23. The molecule has 0 bridgehead atoms. The third-order valence-corrected chi connectivity index (χ3v) is 3.98. The number of esters is 1. The van der Waals surface area contributed by atoms with E-state index in [1.54, 1.807) is 17.5 Å². The molecule has 0 aliphatic rings. The highest BCUT2D eigenvalue weighted by atomic mass is 16.6. The number of carbonyl (C=O) groups is 1. The predicted octanol–water partition coefficient (Wildman–Crippen LogP) is 3.49. The van der Waals surface area contributed by atoms with Gasteiger partial charge >= 0.3 is 5.97 Å². The second kappa shape index (κ2) is 6.84. The van der Waals surface area contributed by atoms with Crippen molar-refractivity contribution in [3.05, 3.63) is 60.8 Å². The number of fused-ring (bicyclic) bond motifs is 3. The third-order valence-electron chi connectivity index (χ3n) is 3.98. The molecule has 0 radical (unpaired) electrons. The average molecular weight is 347 g/mol.